The fourth-order valence-electron chi connectivity index (χ4n) is 0.967. The molecule has 0 radical (unpaired) electrons. The highest BCUT2D eigenvalue weighted by atomic mass is 35.5. The van der Waals surface area contributed by atoms with E-state index in [0.29, 0.717) is 5.56 Å². The third-order valence-electron chi connectivity index (χ3n) is 1.79. The number of nitro groups is 1. The van der Waals surface area contributed by atoms with Crippen LogP contribution >= 0.6 is 11.6 Å². The summed E-state index contributed by atoms with van der Waals surface area (Å²) in [5, 5.41) is 9.84. The minimum Gasteiger partial charge on any atom is -0.258 e. The van der Waals surface area contributed by atoms with E-state index >= 15 is 0 Å². The number of halogens is 1. The second kappa shape index (κ2) is 5.24. The largest absolute Gasteiger partial charge is 0.269 e. The van der Waals surface area contributed by atoms with Crippen molar-refractivity contribution in [1.29, 1.82) is 0 Å². The molecular formula is C8H9ClN2O4S. The second-order valence-electron chi connectivity index (χ2n) is 2.97. The number of hydrogen-bond donors (Lipinski definition) is 1. The molecule has 0 saturated carbocycles. The third kappa shape index (κ3) is 3.76. The van der Waals surface area contributed by atoms with Crippen LogP contribution < -0.4 is 4.72 Å². The van der Waals surface area contributed by atoms with E-state index in [-0.39, 0.29) is 12.2 Å². The summed E-state index contributed by atoms with van der Waals surface area (Å²) in [6.07, 6.45) is 0. The second-order valence-corrected chi connectivity index (χ2v) is 5.36. The summed E-state index contributed by atoms with van der Waals surface area (Å²) in [6, 6.07) is 5.58. The quantitative estimate of drug-likeness (QED) is 0.492. The number of hydrogen-bond acceptors (Lipinski definition) is 4. The Morgan fingerprint density at radius 2 is 1.88 bits per heavy atom. The molecule has 0 spiro atoms. The van der Waals surface area contributed by atoms with Gasteiger partial charge >= 0.3 is 0 Å². The van der Waals surface area contributed by atoms with Gasteiger partial charge in [-0.2, -0.15) is 0 Å². The molecule has 1 rings (SSSR count). The lowest BCUT2D eigenvalue weighted by Crippen LogP contribution is -2.23. The summed E-state index contributed by atoms with van der Waals surface area (Å²) >= 11 is 5.19. The van der Waals surface area contributed by atoms with Crippen LogP contribution in [0.3, 0.4) is 0 Å². The van der Waals surface area contributed by atoms with Crippen LogP contribution in [0, 0.1) is 10.1 Å². The number of nitrogens with one attached hydrogen (secondary N) is 1. The highest BCUT2D eigenvalue weighted by Gasteiger charge is 2.08. The molecule has 1 aromatic rings. The molecule has 0 fully saturated rings. The van der Waals surface area contributed by atoms with Crippen molar-refractivity contribution < 1.29 is 13.3 Å². The Hall–Kier alpha value is -1.18. The standard InChI is InChI=1S/C8H9ClN2O4S/c9-6-16(14,15)10-5-7-1-3-8(4-2-7)11(12)13/h1-4,10H,5-6H2. The van der Waals surface area contributed by atoms with Gasteiger partial charge in [0.15, 0.2) is 0 Å². The van der Waals surface area contributed by atoms with Crippen LogP contribution in [0.25, 0.3) is 0 Å². The van der Waals surface area contributed by atoms with Crippen LogP contribution in [-0.4, -0.2) is 18.6 Å². The molecule has 1 N–H and O–H groups in total. The molecule has 0 heterocycles. The fourth-order valence-corrected chi connectivity index (χ4v) is 1.66. The van der Waals surface area contributed by atoms with Crippen molar-refractivity contribution in [3.8, 4) is 0 Å². The van der Waals surface area contributed by atoms with E-state index in [4.69, 9.17) is 11.6 Å². The van der Waals surface area contributed by atoms with Gasteiger partial charge in [-0.3, -0.25) is 10.1 Å². The van der Waals surface area contributed by atoms with Crippen LogP contribution in [0.1, 0.15) is 5.56 Å². The monoisotopic (exact) mass is 264 g/mol. The Kier molecular flexibility index (Phi) is 4.22. The molecule has 8 heteroatoms. The third-order valence-corrected chi connectivity index (χ3v) is 3.52. The van der Waals surface area contributed by atoms with E-state index in [1.807, 2.05) is 0 Å². The van der Waals surface area contributed by atoms with Crippen molar-refractivity contribution in [1.82, 2.24) is 4.72 Å². The maximum atomic E-state index is 11.0. The van der Waals surface area contributed by atoms with Crippen molar-refractivity contribution in [2.24, 2.45) is 0 Å². The highest BCUT2D eigenvalue weighted by molar-refractivity contribution is 7.90. The SMILES string of the molecule is O=[N+]([O-])c1ccc(CNS(=O)(=O)CCl)cc1. The molecule has 0 aliphatic heterocycles. The highest BCUT2D eigenvalue weighted by Crippen LogP contribution is 2.11. The lowest BCUT2D eigenvalue weighted by molar-refractivity contribution is -0.384. The predicted octanol–water partition coefficient (Wildman–Crippen LogP) is 1.21. The van der Waals surface area contributed by atoms with Gasteiger partial charge in [-0.25, -0.2) is 13.1 Å². The Balaban J connectivity index is 2.66. The number of rotatable bonds is 5. The zero-order valence-corrected chi connectivity index (χ0v) is 9.66. The van der Waals surface area contributed by atoms with E-state index in [1.54, 1.807) is 0 Å². The van der Waals surface area contributed by atoms with Gasteiger partial charge in [-0.15, -0.1) is 11.6 Å². The summed E-state index contributed by atoms with van der Waals surface area (Å²) in [5.41, 5.74) is 0.586. The molecule has 88 valence electrons. The fraction of sp³-hybridized carbons (Fsp3) is 0.250. The Bertz CT molecular complexity index is 471. The van der Waals surface area contributed by atoms with Gasteiger partial charge in [0, 0.05) is 18.7 Å². The van der Waals surface area contributed by atoms with Gasteiger partial charge in [-0.1, -0.05) is 12.1 Å². The maximum Gasteiger partial charge on any atom is 0.269 e. The number of nitro benzene ring substituents is 1. The van der Waals surface area contributed by atoms with Crippen molar-refractivity contribution >= 4 is 27.3 Å². The van der Waals surface area contributed by atoms with E-state index in [2.05, 4.69) is 4.72 Å². The van der Waals surface area contributed by atoms with Crippen LogP contribution in [-0.2, 0) is 16.6 Å². The Morgan fingerprint density at radius 1 is 1.31 bits per heavy atom. The van der Waals surface area contributed by atoms with Crippen LogP contribution in [0.4, 0.5) is 5.69 Å². The zero-order valence-electron chi connectivity index (χ0n) is 8.09. The minimum atomic E-state index is -3.46. The lowest BCUT2D eigenvalue weighted by atomic mass is 10.2. The molecule has 16 heavy (non-hydrogen) atoms. The average Bonchev–Trinajstić information content (AvgIpc) is 2.27. The normalized spacial score (nSPS) is 11.3. The van der Waals surface area contributed by atoms with Crippen LogP contribution in [0.5, 0.6) is 0 Å². The van der Waals surface area contributed by atoms with E-state index < -0.39 is 20.2 Å². The zero-order chi connectivity index (χ0) is 12.2. The summed E-state index contributed by atoms with van der Waals surface area (Å²) in [7, 11) is -3.46. The number of benzene rings is 1. The number of nitrogens with zero attached hydrogens (tertiary/aromatic N) is 1. The molecule has 0 aliphatic rings. The van der Waals surface area contributed by atoms with E-state index in [0.717, 1.165) is 0 Å². The van der Waals surface area contributed by atoms with E-state index in [1.165, 1.54) is 24.3 Å². The van der Waals surface area contributed by atoms with Crippen molar-refractivity contribution in [3.63, 3.8) is 0 Å². The molecule has 0 unspecified atom stereocenters. The molecule has 0 atom stereocenters. The first-order valence-corrected chi connectivity index (χ1v) is 6.40. The van der Waals surface area contributed by atoms with Gasteiger partial charge in [0.2, 0.25) is 10.0 Å². The Morgan fingerprint density at radius 3 is 2.31 bits per heavy atom. The summed E-state index contributed by atoms with van der Waals surface area (Å²) in [5.74, 6) is 0. The first kappa shape index (κ1) is 12.9. The molecule has 0 bridgehead atoms. The number of sulfonamides is 1. The number of non-ortho nitro benzene ring substituents is 1. The predicted molar refractivity (Wildman–Crippen MR) is 59.6 cm³/mol. The smallest absolute Gasteiger partial charge is 0.258 e. The molecule has 1 aromatic carbocycles. The first-order chi connectivity index (χ1) is 7.44. The Labute approximate surface area is 97.4 Å². The topological polar surface area (TPSA) is 89.3 Å². The number of alkyl halides is 1. The average molecular weight is 265 g/mol. The van der Waals surface area contributed by atoms with E-state index in [9.17, 15) is 18.5 Å². The van der Waals surface area contributed by atoms with Crippen molar-refractivity contribution in [2.45, 2.75) is 6.54 Å². The van der Waals surface area contributed by atoms with Crippen molar-refractivity contribution in [3.05, 3.63) is 39.9 Å². The van der Waals surface area contributed by atoms with Gasteiger partial charge in [0.1, 0.15) is 5.21 Å². The molecule has 0 aliphatic carbocycles. The van der Waals surface area contributed by atoms with Gasteiger partial charge in [-0.05, 0) is 5.56 Å². The van der Waals surface area contributed by atoms with Gasteiger partial charge in [0.05, 0.1) is 4.92 Å². The van der Waals surface area contributed by atoms with Crippen LogP contribution in [0.2, 0.25) is 0 Å². The molecule has 0 aromatic heterocycles. The molecule has 6 nitrogen and oxygen atoms in total. The van der Waals surface area contributed by atoms with Crippen LogP contribution in [0.15, 0.2) is 24.3 Å². The first-order valence-electron chi connectivity index (χ1n) is 4.21. The lowest BCUT2D eigenvalue weighted by Gasteiger charge is -2.03. The summed E-state index contributed by atoms with van der Waals surface area (Å²) < 4.78 is 24.2. The molecule has 0 saturated heterocycles. The van der Waals surface area contributed by atoms with Gasteiger partial charge in [0.25, 0.3) is 5.69 Å². The maximum absolute atomic E-state index is 11.0. The summed E-state index contributed by atoms with van der Waals surface area (Å²) in [4.78, 5) is 9.83. The van der Waals surface area contributed by atoms with Gasteiger partial charge < -0.3 is 0 Å². The summed E-state index contributed by atoms with van der Waals surface area (Å²) in [6.45, 7) is 0.0625. The molecule has 0 amide bonds. The minimum absolute atomic E-state index is 0.0380. The van der Waals surface area contributed by atoms with Crippen molar-refractivity contribution in [2.75, 3.05) is 5.21 Å². The molecular weight excluding hydrogens is 256 g/mol.